The molecule has 18 heavy (non-hydrogen) atoms. The summed E-state index contributed by atoms with van der Waals surface area (Å²) in [5, 5.41) is 3.26. The molecule has 1 aliphatic carbocycles. The summed E-state index contributed by atoms with van der Waals surface area (Å²) >= 11 is 3.42. The predicted octanol–water partition coefficient (Wildman–Crippen LogP) is 2.19. The molecule has 0 spiro atoms. The van der Waals surface area contributed by atoms with Crippen molar-refractivity contribution in [1.29, 1.82) is 0 Å². The molecule has 2 rings (SSSR count). The zero-order valence-electron chi connectivity index (χ0n) is 10.6. The Morgan fingerprint density at radius 1 is 1.44 bits per heavy atom. The van der Waals surface area contributed by atoms with Gasteiger partial charge in [-0.15, -0.1) is 0 Å². The van der Waals surface area contributed by atoms with Crippen molar-refractivity contribution in [3.05, 3.63) is 16.5 Å². The van der Waals surface area contributed by atoms with Gasteiger partial charge in [0.2, 0.25) is 0 Å². The number of anilines is 1. The van der Waals surface area contributed by atoms with E-state index in [1.165, 1.54) is 12.8 Å². The van der Waals surface area contributed by atoms with Crippen LogP contribution in [-0.4, -0.2) is 43.4 Å². The van der Waals surface area contributed by atoms with Crippen LogP contribution >= 0.6 is 15.9 Å². The Morgan fingerprint density at radius 3 is 2.83 bits per heavy atom. The highest BCUT2D eigenvalue weighted by Crippen LogP contribution is 2.38. The van der Waals surface area contributed by atoms with Gasteiger partial charge in [-0.2, -0.15) is 0 Å². The molecule has 0 bridgehead atoms. The van der Waals surface area contributed by atoms with Gasteiger partial charge in [0.15, 0.2) is 0 Å². The maximum absolute atomic E-state index is 5.29. The van der Waals surface area contributed by atoms with E-state index in [9.17, 15) is 0 Å². The summed E-state index contributed by atoms with van der Waals surface area (Å²) in [6, 6.07) is 1.88. The Morgan fingerprint density at radius 2 is 2.22 bits per heavy atom. The molecule has 0 amide bonds. The monoisotopic (exact) mass is 315 g/mol. The van der Waals surface area contributed by atoms with E-state index < -0.39 is 0 Å². The molecule has 0 radical (unpaired) electrons. The lowest BCUT2D eigenvalue weighted by Gasteiger charge is -2.15. The molecule has 1 aromatic heterocycles. The fourth-order valence-corrected chi connectivity index (χ4v) is 2.06. The van der Waals surface area contributed by atoms with E-state index in [4.69, 9.17) is 9.47 Å². The smallest absolute Gasteiger partial charge is 0.135 e. The van der Waals surface area contributed by atoms with E-state index in [2.05, 4.69) is 31.2 Å². The molecule has 0 saturated heterocycles. The molecule has 0 aromatic carbocycles. The van der Waals surface area contributed by atoms with E-state index in [1.54, 1.807) is 14.2 Å². The number of halogens is 1. The first-order valence-corrected chi connectivity index (χ1v) is 6.82. The Labute approximate surface area is 115 Å². The molecule has 1 aromatic rings. The fraction of sp³-hybridized carbons (Fsp3) is 0.667. The average Bonchev–Trinajstić information content (AvgIpc) is 3.18. The zero-order valence-corrected chi connectivity index (χ0v) is 12.2. The van der Waals surface area contributed by atoms with Gasteiger partial charge in [-0.05, 0) is 28.8 Å². The second-order valence-electron chi connectivity index (χ2n) is 4.40. The normalized spacial score (nSPS) is 16.6. The number of ether oxygens (including phenoxy) is 2. The van der Waals surface area contributed by atoms with Gasteiger partial charge in [0.1, 0.15) is 16.2 Å². The quantitative estimate of drug-likeness (QED) is 0.782. The Hall–Kier alpha value is -0.720. The van der Waals surface area contributed by atoms with Crippen molar-refractivity contribution >= 4 is 21.7 Å². The third-order valence-electron chi connectivity index (χ3n) is 2.85. The van der Waals surface area contributed by atoms with Crippen LogP contribution in [0, 0.1) is 0 Å². The Bertz CT molecular complexity index is 399. The Kier molecular flexibility index (Phi) is 4.91. The second-order valence-corrected chi connectivity index (χ2v) is 5.21. The zero-order chi connectivity index (χ0) is 13.0. The lowest BCUT2D eigenvalue weighted by molar-refractivity contribution is 0.0365. The summed E-state index contributed by atoms with van der Waals surface area (Å²) < 4.78 is 11.2. The van der Waals surface area contributed by atoms with Gasteiger partial charge in [-0.3, -0.25) is 0 Å². The summed E-state index contributed by atoms with van der Waals surface area (Å²) in [4.78, 5) is 8.90. The van der Waals surface area contributed by atoms with Gasteiger partial charge < -0.3 is 14.8 Å². The first-order chi connectivity index (χ1) is 8.72. The van der Waals surface area contributed by atoms with Crippen molar-refractivity contribution in [2.45, 2.75) is 24.9 Å². The van der Waals surface area contributed by atoms with Crippen LogP contribution in [0.5, 0.6) is 0 Å². The minimum absolute atomic E-state index is 0.0214. The molecule has 1 N–H and O–H groups in total. The van der Waals surface area contributed by atoms with Crippen molar-refractivity contribution in [3.63, 3.8) is 0 Å². The lowest BCUT2D eigenvalue weighted by Crippen LogP contribution is -2.27. The second kappa shape index (κ2) is 6.45. The lowest BCUT2D eigenvalue weighted by atomic mass is 10.3. The van der Waals surface area contributed by atoms with Gasteiger partial charge in [-0.25, -0.2) is 9.97 Å². The number of nitrogens with zero attached hydrogens (tertiary/aromatic N) is 2. The van der Waals surface area contributed by atoms with Crippen LogP contribution in [0.2, 0.25) is 0 Å². The van der Waals surface area contributed by atoms with Crippen LogP contribution < -0.4 is 5.32 Å². The summed E-state index contributed by atoms with van der Waals surface area (Å²) in [5.74, 6) is 2.30. The van der Waals surface area contributed by atoms with Crippen LogP contribution in [0.4, 0.5) is 5.82 Å². The van der Waals surface area contributed by atoms with E-state index in [-0.39, 0.29) is 6.10 Å². The summed E-state index contributed by atoms with van der Waals surface area (Å²) in [7, 11) is 3.34. The van der Waals surface area contributed by atoms with E-state index in [0.29, 0.717) is 19.1 Å². The van der Waals surface area contributed by atoms with Crippen molar-refractivity contribution in [2.75, 3.05) is 32.7 Å². The molecule has 1 atom stereocenters. The number of nitrogens with one attached hydrogen (secondary N) is 1. The molecule has 1 aliphatic rings. The molecule has 1 saturated carbocycles. The summed E-state index contributed by atoms with van der Waals surface area (Å²) in [6.07, 6.45) is 2.41. The highest BCUT2D eigenvalue weighted by atomic mass is 79.9. The first kappa shape index (κ1) is 13.7. The topological polar surface area (TPSA) is 56.3 Å². The molecule has 1 unspecified atom stereocenters. The highest BCUT2D eigenvalue weighted by Gasteiger charge is 2.27. The molecule has 0 aliphatic heterocycles. The number of methoxy groups -OCH3 is 2. The average molecular weight is 316 g/mol. The van der Waals surface area contributed by atoms with Crippen molar-refractivity contribution in [3.8, 4) is 0 Å². The van der Waals surface area contributed by atoms with Gasteiger partial charge in [0, 0.05) is 32.7 Å². The van der Waals surface area contributed by atoms with Crippen molar-refractivity contribution < 1.29 is 9.47 Å². The van der Waals surface area contributed by atoms with Crippen molar-refractivity contribution in [2.24, 2.45) is 0 Å². The number of rotatable bonds is 7. The molecular weight excluding hydrogens is 298 g/mol. The van der Waals surface area contributed by atoms with Crippen LogP contribution in [0.3, 0.4) is 0 Å². The SMILES string of the molecule is COCC(CNc1cc(Br)nc(C2CC2)n1)OC. The predicted molar refractivity (Wildman–Crippen MR) is 72.9 cm³/mol. The van der Waals surface area contributed by atoms with Gasteiger partial charge in [-0.1, -0.05) is 0 Å². The molecule has 5 nitrogen and oxygen atoms in total. The van der Waals surface area contributed by atoms with E-state index >= 15 is 0 Å². The maximum Gasteiger partial charge on any atom is 0.135 e. The van der Waals surface area contributed by atoms with Gasteiger partial charge >= 0.3 is 0 Å². The standard InChI is InChI=1S/C12H18BrN3O2/c1-17-7-9(18-2)6-14-11-5-10(13)15-12(16-11)8-3-4-8/h5,8-9H,3-4,6-7H2,1-2H3,(H,14,15,16). The minimum atomic E-state index is 0.0214. The third-order valence-corrected chi connectivity index (χ3v) is 3.26. The number of hydrogen-bond donors (Lipinski definition) is 1. The molecular formula is C12H18BrN3O2. The first-order valence-electron chi connectivity index (χ1n) is 6.03. The van der Waals surface area contributed by atoms with Crippen LogP contribution in [0.25, 0.3) is 0 Å². The number of hydrogen-bond acceptors (Lipinski definition) is 5. The van der Waals surface area contributed by atoms with Gasteiger partial charge in [0.05, 0.1) is 12.7 Å². The minimum Gasteiger partial charge on any atom is -0.382 e. The molecule has 6 heteroatoms. The molecule has 1 fully saturated rings. The fourth-order valence-electron chi connectivity index (χ4n) is 1.66. The van der Waals surface area contributed by atoms with Gasteiger partial charge in [0.25, 0.3) is 0 Å². The maximum atomic E-state index is 5.29. The van der Waals surface area contributed by atoms with Crippen LogP contribution in [0.1, 0.15) is 24.6 Å². The highest BCUT2D eigenvalue weighted by molar-refractivity contribution is 9.10. The molecule has 1 heterocycles. The number of aromatic nitrogens is 2. The third kappa shape index (κ3) is 3.90. The summed E-state index contributed by atoms with van der Waals surface area (Å²) in [5.41, 5.74) is 0. The molecule has 100 valence electrons. The van der Waals surface area contributed by atoms with Crippen molar-refractivity contribution in [1.82, 2.24) is 9.97 Å². The van der Waals surface area contributed by atoms with E-state index in [1.807, 2.05) is 6.07 Å². The largest absolute Gasteiger partial charge is 0.382 e. The van der Waals surface area contributed by atoms with Crippen LogP contribution in [0.15, 0.2) is 10.7 Å². The van der Waals surface area contributed by atoms with Crippen LogP contribution in [-0.2, 0) is 9.47 Å². The Balaban J connectivity index is 1.95. The van der Waals surface area contributed by atoms with E-state index in [0.717, 1.165) is 16.2 Å². The summed E-state index contributed by atoms with van der Waals surface area (Å²) in [6.45, 7) is 1.23.